The van der Waals surface area contributed by atoms with Gasteiger partial charge in [-0.15, -0.1) is 0 Å². The van der Waals surface area contributed by atoms with Crippen LogP contribution in [0, 0.1) is 0 Å². The minimum atomic E-state index is -0.361. The van der Waals surface area contributed by atoms with Gasteiger partial charge in [0.25, 0.3) is 0 Å². The number of benzene rings is 1. The Morgan fingerprint density at radius 3 is 2.75 bits per heavy atom. The van der Waals surface area contributed by atoms with Gasteiger partial charge in [0.15, 0.2) is 0 Å². The summed E-state index contributed by atoms with van der Waals surface area (Å²) in [4.78, 5) is 25.0. The van der Waals surface area contributed by atoms with Crippen LogP contribution in [-0.2, 0) is 20.9 Å². The maximum absolute atomic E-state index is 12.1. The number of carbonyl (C=O) groups excluding carboxylic acids is 2. The molecule has 0 unspecified atom stereocenters. The molecule has 1 aliphatic heterocycles. The van der Waals surface area contributed by atoms with Crippen LogP contribution in [0.3, 0.4) is 0 Å². The van der Waals surface area contributed by atoms with Crippen molar-refractivity contribution >= 4 is 12.1 Å². The smallest absolute Gasteiger partial charge is 0.410 e. The van der Waals surface area contributed by atoms with Crippen LogP contribution in [-0.4, -0.2) is 36.7 Å². The minimum absolute atomic E-state index is 0.106. The second-order valence-corrected chi connectivity index (χ2v) is 4.81. The summed E-state index contributed by atoms with van der Waals surface area (Å²) in [5.74, 6) is -0.294. The summed E-state index contributed by atoms with van der Waals surface area (Å²) in [6.45, 7) is 0.885. The van der Waals surface area contributed by atoms with Crippen molar-refractivity contribution in [1.82, 2.24) is 4.90 Å². The van der Waals surface area contributed by atoms with E-state index in [4.69, 9.17) is 4.74 Å². The molecule has 1 amide bonds. The van der Waals surface area contributed by atoms with Gasteiger partial charge in [-0.3, -0.25) is 4.79 Å². The largest absolute Gasteiger partial charge is 0.469 e. The Kier molecular flexibility index (Phi) is 4.98. The van der Waals surface area contributed by atoms with Crippen molar-refractivity contribution in [2.24, 2.45) is 0 Å². The van der Waals surface area contributed by atoms with Gasteiger partial charge in [0.2, 0.25) is 0 Å². The second-order valence-electron chi connectivity index (χ2n) is 4.81. The lowest BCUT2D eigenvalue weighted by Gasteiger charge is -2.23. The summed E-state index contributed by atoms with van der Waals surface area (Å²) in [6.07, 6.45) is 1.58. The summed E-state index contributed by atoms with van der Waals surface area (Å²) in [5, 5.41) is 0. The summed E-state index contributed by atoms with van der Waals surface area (Å²) < 4.78 is 9.94. The van der Waals surface area contributed by atoms with Crippen LogP contribution >= 0.6 is 0 Å². The maximum atomic E-state index is 12.1. The van der Waals surface area contributed by atoms with Gasteiger partial charge in [-0.1, -0.05) is 30.3 Å². The molecule has 1 atom stereocenters. The predicted molar refractivity (Wildman–Crippen MR) is 73.0 cm³/mol. The van der Waals surface area contributed by atoms with E-state index in [0.29, 0.717) is 6.54 Å². The number of likely N-dealkylation sites (tertiary alicyclic amines) is 1. The molecule has 5 heteroatoms. The highest BCUT2D eigenvalue weighted by Gasteiger charge is 2.31. The third kappa shape index (κ3) is 3.73. The highest BCUT2D eigenvalue weighted by molar-refractivity contribution is 5.73. The predicted octanol–water partition coefficient (Wildman–Crippen LogP) is 2.35. The third-order valence-electron chi connectivity index (χ3n) is 3.45. The number of rotatable bonds is 4. The second kappa shape index (κ2) is 6.93. The van der Waals surface area contributed by atoms with E-state index in [2.05, 4.69) is 4.74 Å². The van der Waals surface area contributed by atoms with Crippen LogP contribution in [0.5, 0.6) is 0 Å². The molecule has 1 aliphatic rings. The standard InChI is InChI=1S/C15H19NO4/c1-19-14(17)10-13-8-5-9-16(13)15(18)20-11-12-6-3-2-4-7-12/h2-4,6-7,13H,5,8-11H2,1H3/t13-/m1/s1. The van der Waals surface area contributed by atoms with Crippen molar-refractivity contribution in [2.75, 3.05) is 13.7 Å². The van der Waals surface area contributed by atoms with Crippen LogP contribution in [0.1, 0.15) is 24.8 Å². The Morgan fingerprint density at radius 2 is 2.05 bits per heavy atom. The van der Waals surface area contributed by atoms with E-state index in [1.165, 1.54) is 7.11 Å². The molecule has 1 fully saturated rings. The molecule has 0 aliphatic carbocycles. The van der Waals surface area contributed by atoms with Crippen LogP contribution < -0.4 is 0 Å². The molecule has 0 spiro atoms. The number of amides is 1. The Balaban J connectivity index is 1.86. The molecule has 2 rings (SSSR count). The number of methoxy groups -OCH3 is 1. The maximum Gasteiger partial charge on any atom is 0.410 e. The van der Waals surface area contributed by atoms with Crippen LogP contribution in [0.15, 0.2) is 30.3 Å². The molecule has 20 heavy (non-hydrogen) atoms. The van der Waals surface area contributed by atoms with Gasteiger partial charge in [-0.2, -0.15) is 0 Å². The first-order chi connectivity index (χ1) is 9.70. The van der Waals surface area contributed by atoms with E-state index < -0.39 is 0 Å². The average molecular weight is 277 g/mol. The van der Waals surface area contributed by atoms with Gasteiger partial charge in [-0.05, 0) is 18.4 Å². The number of hydrogen-bond acceptors (Lipinski definition) is 4. The SMILES string of the molecule is COC(=O)C[C@H]1CCCN1C(=O)OCc1ccccc1. The van der Waals surface area contributed by atoms with Crippen molar-refractivity contribution < 1.29 is 19.1 Å². The van der Waals surface area contributed by atoms with Gasteiger partial charge in [0.1, 0.15) is 6.61 Å². The summed E-state index contributed by atoms with van der Waals surface area (Å²) in [7, 11) is 1.36. The molecule has 5 nitrogen and oxygen atoms in total. The van der Waals surface area contributed by atoms with E-state index in [1.54, 1.807) is 4.90 Å². The zero-order chi connectivity index (χ0) is 14.4. The van der Waals surface area contributed by atoms with Crippen LogP contribution in [0.25, 0.3) is 0 Å². The Labute approximate surface area is 118 Å². The monoisotopic (exact) mass is 277 g/mol. The van der Waals surface area contributed by atoms with Crippen molar-refractivity contribution in [3.63, 3.8) is 0 Å². The fourth-order valence-electron chi connectivity index (χ4n) is 2.37. The zero-order valence-corrected chi connectivity index (χ0v) is 11.6. The third-order valence-corrected chi connectivity index (χ3v) is 3.45. The van der Waals surface area contributed by atoms with Crippen molar-refractivity contribution in [3.05, 3.63) is 35.9 Å². The highest BCUT2D eigenvalue weighted by atomic mass is 16.6. The first-order valence-corrected chi connectivity index (χ1v) is 6.75. The molecule has 0 radical (unpaired) electrons. The van der Waals surface area contributed by atoms with Gasteiger partial charge in [0.05, 0.1) is 13.5 Å². The van der Waals surface area contributed by atoms with Gasteiger partial charge in [-0.25, -0.2) is 4.79 Å². The van der Waals surface area contributed by atoms with E-state index >= 15 is 0 Å². The molecule has 0 aromatic heterocycles. The van der Waals surface area contributed by atoms with Gasteiger partial charge in [0, 0.05) is 12.6 Å². The van der Waals surface area contributed by atoms with Crippen LogP contribution in [0.4, 0.5) is 4.79 Å². The first-order valence-electron chi connectivity index (χ1n) is 6.75. The molecule has 1 heterocycles. The lowest BCUT2D eigenvalue weighted by atomic mass is 10.1. The summed E-state index contributed by atoms with van der Waals surface area (Å²) in [5.41, 5.74) is 0.949. The normalized spacial score (nSPS) is 17.9. The molecule has 0 saturated carbocycles. The average Bonchev–Trinajstić information content (AvgIpc) is 2.94. The molecule has 0 N–H and O–H groups in total. The fourth-order valence-corrected chi connectivity index (χ4v) is 2.37. The quantitative estimate of drug-likeness (QED) is 0.793. The van der Waals surface area contributed by atoms with Crippen molar-refractivity contribution in [3.8, 4) is 0 Å². The lowest BCUT2D eigenvalue weighted by Crippen LogP contribution is -2.37. The molecule has 108 valence electrons. The molecule has 1 aromatic carbocycles. The van der Waals surface area contributed by atoms with Gasteiger partial charge < -0.3 is 14.4 Å². The fraction of sp³-hybridized carbons (Fsp3) is 0.467. The van der Waals surface area contributed by atoms with E-state index in [-0.39, 0.29) is 31.1 Å². The van der Waals surface area contributed by atoms with Crippen molar-refractivity contribution in [1.29, 1.82) is 0 Å². The molecular formula is C15H19NO4. The Bertz CT molecular complexity index is 460. The number of hydrogen-bond donors (Lipinski definition) is 0. The minimum Gasteiger partial charge on any atom is -0.469 e. The first kappa shape index (κ1) is 14.4. The van der Waals surface area contributed by atoms with E-state index in [0.717, 1.165) is 18.4 Å². The van der Waals surface area contributed by atoms with Gasteiger partial charge >= 0.3 is 12.1 Å². The summed E-state index contributed by atoms with van der Waals surface area (Å²) >= 11 is 0. The number of ether oxygens (including phenoxy) is 2. The Morgan fingerprint density at radius 1 is 1.30 bits per heavy atom. The van der Waals surface area contributed by atoms with E-state index in [1.807, 2.05) is 30.3 Å². The highest BCUT2D eigenvalue weighted by Crippen LogP contribution is 2.21. The number of carbonyl (C=O) groups is 2. The lowest BCUT2D eigenvalue weighted by molar-refractivity contribution is -0.141. The molecule has 1 saturated heterocycles. The van der Waals surface area contributed by atoms with E-state index in [9.17, 15) is 9.59 Å². The molecule has 0 bridgehead atoms. The summed E-state index contributed by atoms with van der Waals surface area (Å²) in [6, 6.07) is 9.42. The van der Waals surface area contributed by atoms with Crippen molar-refractivity contribution in [2.45, 2.75) is 31.9 Å². The Hall–Kier alpha value is -2.04. The number of esters is 1. The van der Waals surface area contributed by atoms with Crippen LogP contribution in [0.2, 0.25) is 0 Å². The zero-order valence-electron chi connectivity index (χ0n) is 11.6. The topological polar surface area (TPSA) is 55.8 Å². The molecule has 1 aromatic rings. The molecular weight excluding hydrogens is 258 g/mol. The number of nitrogens with zero attached hydrogens (tertiary/aromatic N) is 1.